The van der Waals surface area contributed by atoms with E-state index in [1.165, 1.54) is 0 Å². The molecule has 95 heavy (non-hydrogen) atoms. The van der Waals surface area contributed by atoms with Crippen LogP contribution in [0.4, 0.5) is 4.39 Å². The third-order valence-corrected chi connectivity index (χ3v) is 10.2. The van der Waals surface area contributed by atoms with E-state index in [-0.39, 0.29) is 99.2 Å². The summed E-state index contributed by atoms with van der Waals surface area (Å²) < 4.78 is 74.5. The van der Waals surface area contributed by atoms with Gasteiger partial charge in [-0.3, -0.25) is 38.4 Å². The molecule has 1 aromatic heterocycles. The van der Waals surface area contributed by atoms with Crippen LogP contribution in [0.1, 0.15) is 259 Å². The van der Waals surface area contributed by atoms with Crippen molar-refractivity contribution in [1.29, 1.82) is 0 Å². The summed E-state index contributed by atoms with van der Waals surface area (Å²) in [5.41, 5.74) is -3.03. The van der Waals surface area contributed by atoms with E-state index in [0.29, 0.717) is 58.0 Å². The molecule has 0 unspecified atom stereocenters. The zero-order chi connectivity index (χ0) is 77.0. The van der Waals surface area contributed by atoms with E-state index in [1.807, 2.05) is 166 Å². The highest BCUT2D eigenvalue weighted by Crippen LogP contribution is 2.33. The molecule has 0 fully saturated rings. The lowest BCUT2D eigenvalue weighted by Crippen LogP contribution is -2.24. The first-order valence-corrected chi connectivity index (χ1v) is 32.3. The molecule has 560 valence electrons. The second kappa shape index (κ2) is 49.3. The summed E-state index contributed by atoms with van der Waals surface area (Å²) in [7, 11) is 1.57. The maximum atomic E-state index is 11.5. The number of allylic oxidation sites excluding steroid dienone is 2. The van der Waals surface area contributed by atoms with E-state index in [9.17, 15) is 47.5 Å². The van der Waals surface area contributed by atoms with Crippen molar-refractivity contribution in [2.75, 3.05) is 66.6 Å². The van der Waals surface area contributed by atoms with Gasteiger partial charge in [-0.05, 0) is 226 Å². The Hall–Kier alpha value is -6.26. The lowest BCUT2D eigenvalue weighted by molar-refractivity contribution is -0.155. The maximum Gasteiger partial charge on any atom is 0.519 e. The van der Waals surface area contributed by atoms with E-state index in [0.717, 1.165) is 30.8 Å². The minimum absolute atomic E-state index is 0.0757. The van der Waals surface area contributed by atoms with E-state index in [1.54, 1.807) is 55.6 Å². The molecule has 0 atom stereocenters. The Bertz CT molecular complexity index is 2290. The monoisotopic (exact) mass is 1370 g/mol. The molecule has 0 N–H and O–H groups in total. The quantitative estimate of drug-likeness (QED) is 0.0896. The van der Waals surface area contributed by atoms with Crippen LogP contribution in [0, 0.1) is 55.7 Å². The highest BCUT2D eigenvalue weighted by molar-refractivity contribution is 5.78. The molecule has 0 bridgehead atoms. The number of halogens is 1. The summed E-state index contributed by atoms with van der Waals surface area (Å²) in [5.74, 6) is 0.414. The highest BCUT2D eigenvalue weighted by atomic mass is 19.1. The van der Waals surface area contributed by atoms with Gasteiger partial charge in [-0.2, -0.15) is 0 Å². The normalized spacial score (nSPS) is 12.1. The molecule has 2 rings (SSSR count). The molecule has 0 aliphatic carbocycles. The molecule has 0 amide bonds. The van der Waals surface area contributed by atoms with Crippen LogP contribution < -0.4 is 5.82 Å². The fraction of sp³-hybridized carbons (Fsp3) is 0.792. The predicted octanol–water partition coefficient (Wildman–Crippen LogP) is 16.3. The van der Waals surface area contributed by atoms with Crippen LogP contribution in [0.25, 0.3) is 0 Å². The van der Waals surface area contributed by atoms with Gasteiger partial charge in [-0.25, -0.2) is 9.18 Å². The van der Waals surface area contributed by atoms with Crippen LogP contribution >= 0.6 is 0 Å². The Kier molecular flexibility index (Phi) is 53.0. The van der Waals surface area contributed by atoms with E-state index < -0.39 is 28.7 Å². The van der Waals surface area contributed by atoms with Gasteiger partial charge in [0.15, 0.2) is 18.1 Å². The number of alkyl halides is 1. The summed E-state index contributed by atoms with van der Waals surface area (Å²) in [4.78, 5) is 98.5. The van der Waals surface area contributed by atoms with Crippen molar-refractivity contribution in [2.24, 2.45) is 48.7 Å². The van der Waals surface area contributed by atoms with Crippen molar-refractivity contribution in [3.8, 4) is 0 Å². The number of carbonyl (C=O) groups excluding carboxylic acids is 8. The maximum absolute atomic E-state index is 11.5. The third kappa shape index (κ3) is 62.3. The Labute approximate surface area is 572 Å². The van der Waals surface area contributed by atoms with Crippen molar-refractivity contribution < 1.29 is 104 Å². The van der Waals surface area contributed by atoms with Gasteiger partial charge < -0.3 is 60.9 Å². The number of hydrogen-bond donors (Lipinski definition) is 0. The Morgan fingerprint density at radius 3 is 0.863 bits per heavy atom. The molecular weight excluding hydrogens is 1240 g/mol. The molecule has 23 heteroatoms. The average molecular weight is 1370 g/mol. The van der Waals surface area contributed by atoms with Gasteiger partial charge in [0, 0.05) is 13.5 Å². The molecule has 0 saturated carbocycles. The topological polar surface area (TPSA) is 281 Å². The summed E-state index contributed by atoms with van der Waals surface area (Å²) in [6.07, 6.45) is 2.67. The summed E-state index contributed by atoms with van der Waals surface area (Å²) in [6.45, 7) is 69.0. The molecule has 22 nitrogen and oxygen atoms in total. The molecule has 0 radical (unpaired) electrons. The summed E-state index contributed by atoms with van der Waals surface area (Å²) in [6, 6.07) is 0. The van der Waals surface area contributed by atoms with Crippen molar-refractivity contribution >= 4 is 47.8 Å². The van der Waals surface area contributed by atoms with Crippen LogP contribution in [0.2, 0.25) is 0 Å². The molecule has 1 aliphatic rings. The number of carbonyl (C=O) groups is 8. The second-order valence-electron chi connectivity index (χ2n) is 30.7. The van der Waals surface area contributed by atoms with Crippen molar-refractivity contribution in [3.63, 3.8) is 0 Å². The number of esters is 8. The Morgan fingerprint density at radius 2 is 0.663 bits per heavy atom. The molecule has 1 aromatic rings. The first kappa shape index (κ1) is 102. The average Bonchev–Trinajstić information content (AvgIpc) is 1.78. The van der Waals surface area contributed by atoms with E-state index in [2.05, 4.69) is 40.9 Å². The molecule has 0 spiro atoms. The zero-order valence-electron chi connectivity index (χ0n) is 65.8. The van der Waals surface area contributed by atoms with Gasteiger partial charge in [0.2, 0.25) is 0 Å². The van der Waals surface area contributed by atoms with Crippen LogP contribution in [0.15, 0.2) is 37.7 Å². The van der Waals surface area contributed by atoms with Crippen LogP contribution in [0.5, 0.6) is 0 Å². The largest absolute Gasteiger partial charge is 0.519 e. The smallest absolute Gasteiger partial charge is 0.466 e. The number of methoxy groups -OCH3 is 1. The summed E-state index contributed by atoms with van der Waals surface area (Å²) >= 11 is 0. The Balaban J connectivity index is -0.000000184. The molecular formula is C72H133FO22. The zero-order valence-corrected chi connectivity index (χ0v) is 65.8. The van der Waals surface area contributed by atoms with Gasteiger partial charge in [0.1, 0.15) is 31.4 Å². The molecule has 0 saturated heterocycles. The highest BCUT2D eigenvalue weighted by Gasteiger charge is 2.28. The number of hydrogen-bond acceptors (Lipinski definition) is 22. The first-order chi connectivity index (χ1) is 42.6. The Morgan fingerprint density at radius 1 is 0.389 bits per heavy atom. The van der Waals surface area contributed by atoms with Gasteiger partial charge in [-0.15, -0.1) is 0 Å². The number of ether oxygens (including phenoxy) is 11. The lowest BCUT2D eigenvalue weighted by atomic mass is 9.91. The van der Waals surface area contributed by atoms with Crippen LogP contribution in [-0.4, -0.2) is 114 Å². The van der Waals surface area contributed by atoms with E-state index >= 15 is 0 Å². The predicted molar refractivity (Wildman–Crippen MR) is 368 cm³/mol. The van der Waals surface area contributed by atoms with E-state index in [4.69, 9.17) is 47.4 Å². The minimum atomic E-state index is -0.783. The van der Waals surface area contributed by atoms with Gasteiger partial charge in [0.05, 0.1) is 83.0 Å². The number of aryl methyl sites for hydroxylation is 1. The fourth-order valence-corrected chi connectivity index (χ4v) is 4.60. The van der Waals surface area contributed by atoms with Crippen molar-refractivity contribution in [3.05, 3.63) is 46.2 Å². The van der Waals surface area contributed by atoms with Crippen molar-refractivity contribution in [1.82, 2.24) is 0 Å². The van der Waals surface area contributed by atoms with Crippen LogP contribution in [-0.2, 0) is 97.1 Å². The molecule has 2 heterocycles. The number of rotatable bonds is 15. The fourth-order valence-electron chi connectivity index (χ4n) is 4.60. The third-order valence-electron chi connectivity index (χ3n) is 10.2. The van der Waals surface area contributed by atoms with Crippen LogP contribution in [0.3, 0.4) is 0 Å². The summed E-state index contributed by atoms with van der Waals surface area (Å²) in [5, 5.41) is 0. The molecule has 1 aliphatic heterocycles. The van der Waals surface area contributed by atoms with Gasteiger partial charge in [0.25, 0.3) is 5.95 Å². The molecule has 0 aromatic carbocycles. The SMILES string of the molecule is C=C1OC(C)=C(CC(C)(C)C)O1.CC(C)(C)C(=O)OCCF.CCCOC(=O)C(C)(C)C.CCCOC(=O)C(C)(C)C.CCOC(=O)C(C)(C)C.CCOC(=O)C(C)(C)C.CCOC(=O)C(C)(C)C.COCCOC(=O)C(C)(C)C.Cc1oc(=O)oc1COC(=O)C(C)(C)C. The standard InChI is InChI=1S/C10H14O5.C10H16O2.C8H16O3.2C8H16O2.C7H13FO2.3C7H14O2/c1-6-7(15-9(12)14-6)5-13-8(11)10(2,3)4;1-7-9(6-10(3,4)5)12-8(2)11-7;1-8(2,3)7(9)11-6-5-10-4;2*1-5-6-10-7(9)8(2,3)4;1-7(2,3)6(9)10-5-4-8;3*1-5-9-6(8)7(2,3)4/h5H2,1-4H3;2,6H2,1,3-5H3;5-6H2,1-4H3;2*5-6H2,1-4H3;4-5H2,1-3H3;3*5H2,1-4H3. The van der Waals surface area contributed by atoms with Gasteiger partial charge >= 0.3 is 53.6 Å². The first-order valence-electron chi connectivity index (χ1n) is 32.3. The lowest BCUT2D eigenvalue weighted by Gasteiger charge is -2.17. The minimum Gasteiger partial charge on any atom is -0.466 e. The second-order valence-corrected chi connectivity index (χ2v) is 30.7. The van der Waals surface area contributed by atoms with Crippen molar-refractivity contribution in [2.45, 2.75) is 261 Å². The van der Waals surface area contributed by atoms with Gasteiger partial charge in [-0.1, -0.05) is 34.6 Å².